The number of hydrogen-bond donors (Lipinski definition) is 0. The zero-order chi connectivity index (χ0) is 41.4. The molecule has 0 unspecified atom stereocenters. The average Bonchev–Trinajstić information content (AvgIpc) is 3.87. The fourth-order valence-corrected chi connectivity index (χ4v) is 7.81. The van der Waals surface area contributed by atoms with Gasteiger partial charge in [0.2, 0.25) is 0 Å². The molecule has 0 amide bonds. The third-order valence-corrected chi connectivity index (χ3v) is 10.3. The first kappa shape index (κ1) is 27.0. The molecule has 3 aromatic heterocycles. The molecule has 11 rings (SSSR count). The van der Waals surface area contributed by atoms with E-state index < -0.39 is 18.1 Å². The van der Waals surface area contributed by atoms with Gasteiger partial charge in [-0.15, -0.1) is 0 Å². The molecule has 0 fully saturated rings. The Morgan fingerprint density at radius 3 is 1.75 bits per heavy atom. The number of benzene rings is 8. The number of nitrogens with zero attached hydrogens (tertiary/aromatic N) is 4. The van der Waals surface area contributed by atoms with Gasteiger partial charge in [-0.1, -0.05) is 158 Å². The van der Waals surface area contributed by atoms with Crippen LogP contribution in [-0.2, 0) is 0 Å². The lowest BCUT2D eigenvalue weighted by molar-refractivity contribution is 0.669. The highest BCUT2D eigenvalue weighted by molar-refractivity contribution is 6.16. The van der Waals surface area contributed by atoms with Crippen LogP contribution in [-0.4, -0.2) is 19.5 Å². The summed E-state index contributed by atoms with van der Waals surface area (Å²) in [5.74, 6) is 1.34. The molecule has 5 heteroatoms. The smallest absolute Gasteiger partial charge is 0.167 e. The second-order valence-corrected chi connectivity index (χ2v) is 13.6. The van der Waals surface area contributed by atoms with Crippen LogP contribution in [0, 0.1) is 0 Å². The molecule has 3 heterocycles. The molecule has 0 aliphatic heterocycles. The van der Waals surface area contributed by atoms with Gasteiger partial charge in [0.15, 0.2) is 17.5 Å². The van der Waals surface area contributed by atoms with Crippen LogP contribution in [0.5, 0.6) is 0 Å². The lowest BCUT2D eigenvalue weighted by Gasteiger charge is -2.13. The Morgan fingerprint density at radius 1 is 0.429 bits per heavy atom. The van der Waals surface area contributed by atoms with E-state index in [1.807, 2.05) is 103 Å². The zero-order valence-corrected chi connectivity index (χ0v) is 29.8. The van der Waals surface area contributed by atoms with Crippen LogP contribution in [0.4, 0.5) is 0 Å². The van der Waals surface area contributed by atoms with Crippen LogP contribution in [0.2, 0.25) is 0 Å². The van der Waals surface area contributed by atoms with Gasteiger partial charge in [-0.3, -0.25) is 0 Å². The van der Waals surface area contributed by atoms with Crippen molar-refractivity contribution in [2.24, 2.45) is 0 Å². The quantitative estimate of drug-likeness (QED) is 0.172. The van der Waals surface area contributed by atoms with Crippen LogP contribution in [0.1, 0.15) is 6.85 Å². The molecular formula is C51H32N4O. The van der Waals surface area contributed by atoms with E-state index in [-0.39, 0.29) is 17.6 Å². The topological polar surface area (TPSA) is 56.7 Å². The van der Waals surface area contributed by atoms with E-state index in [0.29, 0.717) is 50.5 Å². The van der Waals surface area contributed by atoms with Crippen molar-refractivity contribution in [1.29, 1.82) is 0 Å². The molecule has 56 heavy (non-hydrogen) atoms. The first-order chi connectivity index (χ1) is 29.8. The predicted octanol–water partition coefficient (Wildman–Crippen LogP) is 13.2. The molecule has 0 saturated carbocycles. The highest BCUT2D eigenvalue weighted by Gasteiger charge is 2.23. The lowest BCUT2D eigenvalue weighted by atomic mass is 9.98. The minimum Gasteiger partial charge on any atom is -0.455 e. The number of furan rings is 1. The Kier molecular flexibility index (Phi) is 6.29. The van der Waals surface area contributed by atoms with Crippen molar-refractivity contribution in [3.05, 3.63) is 194 Å². The second-order valence-electron chi connectivity index (χ2n) is 13.6. The van der Waals surface area contributed by atoms with E-state index >= 15 is 0 Å². The normalized spacial score (nSPS) is 12.8. The highest BCUT2D eigenvalue weighted by atomic mass is 16.3. The summed E-state index contributed by atoms with van der Waals surface area (Å²) in [7, 11) is 0. The van der Waals surface area contributed by atoms with Gasteiger partial charge in [0.05, 0.1) is 23.5 Å². The summed E-state index contributed by atoms with van der Waals surface area (Å²) in [4.78, 5) is 15.4. The maximum atomic E-state index is 8.97. The molecule has 0 saturated heterocycles. The first-order valence-electron chi connectivity index (χ1n) is 20.9. The van der Waals surface area contributed by atoms with Crippen LogP contribution < -0.4 is 0 Å². The van der Waals surface area contributed by atoms with E-state index in [1.54, 1.807) is 12.1 Å². The summed E-state index contributed by atoms with van der Waals surface area (Å²) in [5.41, 5.74) is 8.60. The minimum absolute atomic E-state index is 0.0928. The maximum Gasteiger partial charge on any atom is 0.167 e. The van der Waals surface area contributed by atoms with E-state index in [0.717, 1.165) is 49.7 Å². The number of hydrogen-bond acceptors (Lipinski definition) is 4. The van der Waals surface area contributed by atoms with Gasteiger partial charge in [-0.25, -0.2) is 15.0 Å². The van der Waals surface area contributed by atoms with Crippen LogP contribution in [0.25, 0.3) is 106 Å². The molecule has 0 spiro atoms. The highest BCUT2D eigenvalue weighted by Crippen LogP contribution is 2.43. The molecule has 0 aliphatic carbocycles. The molecule has 0 atom stereocenters. The van der Waals surface area contributed by atoms with Gasteiger partial charge in [0.25, 0.3) is 0 Å². The Balaban J connectivity index is 1.25. The zero-order valence-electron chi connectivity index (χ0n) is 34.8. The molecule has 11 aromatic rings. The van der Waals surface area contributed by atoms with Gasteiger partial charge in [0.1, 0.15) is 11.2 Å². The Morgan fingerprint density at radius 2 is 1.02 bits per heavy atom. The van der Waals surface area contributed by atoms with Crippen LogP contribution >= 0.6 is 0 Å². The Labute approximate surface area is 329 Å². The van der Waals surface area contributed by atoms with Gasteiger partial charge in [-0.05, 0) is 58.7 Å². The lowest BCUT2D eigenvalue weighted by Crippen LogP contribution is -2.01. The largest absolute Gasteiger partial charge is 0.455 e. The summed E-state index contributed by atoms with van der Waals surface area (Å²) < 4.78 is 52.3. The van der Waals surface area contributed by atoms with Crippen LogP contribution in [0.3, 0.4) is 0 Å². The summed E-state index contributed by atoms with van der Waals surface area (Å²) >= 11 is 0. The van der Waals surface area contributed by atoms with Gasteiger partial charge < -0.3 is 8.98 Å². The first-order valence-corrected chi connectivity index (χ1v) is 18.4. The Bertz CT molecular complexity index is 3470. The summed E-state index contributed by atoms with van der Waals surface area (Å²) in [5, 5.41) is 3.45. The monoisotopic (exact) mass is 721 g/mol. The second kappa shape index (κ2) is 13.0. The minimum atomic E-state index is -0.451. The molecule has 0 N–H and O–H groups in total. The van der Waals surface area contributed by atoms with E-state index in [4.69, 9.17) is 26.2 Å². The van der Waals surface area contributed by atoms with Crippen molar-refractivity contribution < 1.29 is 11.3 Å². The van der Waals surface area contributed by atoms with Crippen LogP contribution in [0.15, 0.2) is 198 Å². The van der Waals surface area contributed by atoms with E-state index in [1.165, 1.54) is 0 Å². The molecule has 0 bridgehead atoms. The van der Waals surface area contributed by atoms with Crippen molar-refractivity contribution in [2.45, 2.75) is 0 Å². The molecule has 262 valence electrons. The number of fused-ring (bicyclic) bond motifs is 6. The number of rotatable bonds is 6. The predicted molar refractivity (Wildman–Crippen MR) is 229 cm³/mol. The molecule has 0 aliphatic rings. The average molecular weight is 722 g/mol. The van der Waals surface area contributed by atoms with Gasteiger partial charge in [-0.2, -0.15) is 0 Å². The standard InChI is InChI=1S/C51H32N4O/c1-4-16-33(17-5-1)36-22-14-23-37(30-36)50-52-49(35-20-8-3-9-21-35)53-51(54-50)43-32-38(55-44-27-12-10-24-40(44)41-25-11-13-28-45(41)55)31-42-47-39(34-18-6-2-7-19-34)26-15-29-46(47)56-48(42)43/h1-32H/i2D,6D,7D,18D,19D. The summed E-state index contributed by atoms with van der Waals surface area (Å²) in [6.45, 7) is 0. The SMILES string of the molecule is [2H]c1c([2H])c([2H])c(-c2cccc3oc4c(-c5nc(-c6ccccc6)nc(-c6cccc(-c7ccccc7)c6)n5)cc(-n5c6ccccc6c6ccccc65)cc4c23)c([2H])c1[2H]. The molecule has 5 nitrogen and oxygen atoms in total. The number of aromatic nitrogens is 4. The van der Waals surface area contributed by atoms with Crippen molar-refractivity contribution >= 4 is 43.7 Å². The summed E-state index contributed by atoms with van der Waals surface area (Å²) in [6, 6.07) is 52.3. The van der Waals surface area contributed by atoms with Crippen molar-refractivity contribution in [1.82, 2.24) is 19.5 Å². The maximum absolute atomic E-state index is 8.97. The van der Waals surface area contributed by atoms with Crippen molar-refractivity contribution in [2.75, 3.05) is 0 Å². The fraction of sp³-hybridized carbons (Fsp3) is 0. The van der Waals surface area contributed by atoms with E-state index in [2.05, 4.69) is 53.1 Å². The van der Waals surface area contributed by atoms with Gasteiger partial charge >= 0.3 is 0 Å². The fourth-order valence-electron chi connectivity index (χ4n) is 7.81. The van der Waals surface area contributed by atoms with Crippen molar-refractivity contribution in [3.63, 3.8) is 0 Å². The van der Waals surface area contributed by atoms with E-state index in [9.17, 15) is 0 Å². The third-order valence-electron chi connectivity index (χ3n) is 10.3. The molecule has 0 radical (unpaired) electrons. The summed E-state index contributed by atoms with van der Waals surface area (Å²) in [6.07, 6.45) is 0. The Hall–Kier alpha value is -7.63. The number of para-hydroxylation sites is 2. The van der Waals surface area contributed by atoms with Crippen molar-refractivity contribution in [3.8, 4) is 62.1 Å². The van der Waals surface area contributed by atoms with Gasteiger partial charge in [0, 0.05) is 38.4 Å². The third kappa shape index (κ3) is 5.29. The molecular weight excluding hydrogens is 685 g/mol. The molecule has 8 aromatic carbocycles.